The molecule has 2 aromatic rings. The largest absolute Gasteiger partial charge is 0.376 e. The van der Waals surface area contributed by atoms with Gasteiger partial charge in [-0.2, -0.15) is 5.10 Å². The molecule has 2 rings (SSSR count). The first-order chi connectivity index (χ1) is 9.65. The molecular weight excluding hydrogens is 385 g/mol. The minimum atomic E-state index is -0.172. The molecule has 2 N–H and O–H groups in total. The van der Waals surface area contributed by atoms with Crippen molar-refractivity contribution in [2.75, 3.05) is 11.9 Å². The van der Waals surface area contributed by atoms with Crippen LogP contribution in [0.4, 0.5) is 5.69 Å². The molecule has 0 aliphatic heterocycles. The van der Waals surface area contributed by atoms with Crippen LogP contribution in [0.3, 0.4) is 0 Å². The minimum absolute atomic E-state index is 0.172. The third-order valence-electron chi connectivity index (χ3n) is 2.54. The van der Waals surface area contributed by atoms with Crippen molar-refractivity contribution < 1.29 is 4.79 Å². The van der Waals surface area contributed by atoms with E-state index < -0.39 is 0 Å². The van der Waals surface area contributed by atoms with E-state index in [-0.39, 0.29) is 12.5 Å². The zero-order valence-electron chi connectivity index (χ0n) is 10.9. The van der Waals surface area contributed by atoms with Crippen molar-refractivity contribution in [1.82, 2.24) is 5.43 Å². The predicted molar refractivity (Wildman–Crippen MR) is 92.4 cm³/mol. The minimum Gasteiger partial charge on any atom is -0.376 e. The molecule has 0 radical (unpaired) electrons. The van der Waals surface area contributed by atoms with Gasteiger partial charge in [-0.1, -0.05) is 6.07 Å². The van der Waals surface area contributed by atoms with Crippen LogP contribution in [0.5, 0.6) is 0 Å². The van der Waals surface area contributed by atoms with Crippen molar-refractivity contribution in [1.29, 1.82) is 0 Å². The van der Waals surface area contributed by atoms with E-state index in [1.807, 2.05) is 42.6 Å². The second-order valence-electron chi connectivity index (χ2n) is 4.13. The molecule has 104 valence electrons. The van der Waals surface area contributed by atoms with Crippen LogP contribution < -0.4 is 10.7 Å². The Morgan fingerprint density at radius 1 is 1.45 bits per heavy atom. The van der Waals surface area contributed by atoms with E-state index in [9.17, 15) is 4.79 Å². The van der Waals surface area contributed by atoms with Gasteiger partial charge in [-0.15, -0.1) is 11.3 Å². The molecule has 1 amide bonds. The number of nitrogens with one attached hydrogen (secondary N) is 2. The molecule has 0 bridgehead atoms. The lowest BCUT2D eigenvalue weighted by molar-refractivity contribution is -0.119. The average molecular weight is 399 g/mol. The Balaban J connectivity index is 1.78. The first kappa shape index (κ1) is 15.0. The molecule has 0 aliphatic carbocycles. The third-order valence-corrected chi connectivity index (χ3v) is 4.55. The number of benzene rings is 1. The quantitative estimate of drug-likeness (QED) is 0.461. The first-order valence-corrected chi connectivity index (χ1v) is 7.96. The summed E-state index contributed by atoms with van der Waals surface area (Å²) in [5.41, 5.74) is 4.61. The molecule has 0 atom stereocenters. The smallest absolute Gasteiger partial charge is 0.259 e. The summed E-state index contributed by atoms with van der Waals surface area (Å²) in [6.45, 7) is 2.24. The van der Waals surface area contributed by atoms with Crippen LogP contribution in [0.15, 0.2) is 40.8 Å². The van der Waals surface area contributed by atoms with Gasteiger partial charge in [0.25, 0.3) is 5.91 Å². The van der Waals surface area contributed by atoms with E-state index in [0.717, 1.165) is 10.6 Å². The lowest BCUT2D eigenvalue weighted by Crippen LogP contribution is -2.25. The summed E-state index contributed by atoms with van der Waals surface area (Å²) in [4.78, 5) is 12.6. The summed E-state index contributed by atoms with van der Waals surface area (Å²) in [7, 11) is 0. The normalized spacial score (nSPS) is 10.7. The van der Waals surface area contributed by atoms with Crippen LogP contribution in [-0.4, -0.2) is 18.7 Å². The molecule has 0 aliphatic rings. The van der Waals surface area contributed by atoms with Crippen LogP contribution in [0, 0.1) is 10.5 Å². The summed E-state index contributed by atoms with van der Waals surface area (Å²) >= 11 is 3.85. The second-order valence-corrected chi connectivity index (χ2v) is 6.27. The van der Waals surface area contributed by atoms with E-state index in [0.29, 0.717) is 0 Å². The van der Waals surface area contributed by atoms with Crippen molar-refractivity contribution in [2.45, 2.75) is 6.92 Å². The number of anilines is 1. The predicted octanol–water partition coefficient (Wildman–Crippen LogP) is 3.22. The Morgan fingerprint density at radius 2 is 2.30 bits per heavy atom. The number of halogens is 1. The number of thiophene rings is 1. The van der Waals surface area contributed by atoms with Crippen molar-refractivity contribution >= 4 is 51.7 Å². The number of rotatable bonds is 5. The molecule has 0 saturated heterocycles. The van der Waals surface area contributed by atoms with Gasteiger partial charge in [0.05, 0.1) is 12.8 Å². The molecule has 6 heteroatoms. The molecular formula is C14H14IN3OS. The average Bonchev–Trinajstić information content (AvgIpc) is 2.93. The molecule has 20 heavy (non-hydrogen) atoms. The fraction of sp³-hybridized carbons (Fsp3) is 0.143. The van der Waals surface area contributed by atoms with Crippen molar-refractivity contribution in [2.24, 2.45) is 5.10 Å². The second kappa shape index (κ2) is 7.39. The highest BCUT2D eigenvalue weighted by atomic mass is 127. The van der Waals surface area contributed by atoms with Gasteiger partial charge in [0.15, 0.2) is 0 Å². The van der Waals surface area contributed by atoms with Gasteiger partial charge < -0.3 is 5.32 Å². The number of hydrogen-bond donors (Lipinski definition) is 2. The Kier molecular flexibility index (Phi) is 5.54. The van der Waals surface area contributed by atoms with E-state index in [1.165, 1.54) is 9.13 Å². The molecule has 0 saturated carbocycles. The van der Waals surface area contributed by atoms with Gasteiger partial charge in [0.2, 0.25) is 0 Å². The third kappa shape index (κ3) is 4.61. The Hall–Kier alpha value is -1.41. The lowest BCUT2D eigenvalue weighted by Gasteiger charge is -2.07. The first-order valence-electron chi connectivity index (χ1n) is 6.00. The van der Waals surface area contributed by atoms with Gasteiger partial charge in [-0.05, 0) is 64.7 Å². The van der Waals surface area contributed by atoms with Gasteiger partial charge in [0.1, 0.15) is 0 Å². The molecule has 0 fully saturated rings. The number of hydrazone groups is 1. The van der Waals surface area contributed by atoms with Gasteiger partial charge >= 0.3 is 0 Å². The number of hydrogen-bond acceptors (Lipinski definition) is 4. The molecule has 0 spiro atoms. The lowest BCUT2D eigenvalue weighted by atomic mass is 10.2. The van der Waals surface area contributed by atoms with Crippen LogP contribution in [-0.2, 0) is 4.79 Å². The maximum atomic E-state index is 11.6. The van der Waals surface area contributed by atoms with Crippen molar-refractivity contribution in [3.05, 3.63) is 49.7 Å². The molecule has 1 aromatic heterocycles. The Bertz CT molecular complexity index is 611. The number of nitrogens with zero attached hydrogens (tertiary/aromatic N) is 1. The number of carbonyl (C=O) groups excluding carboxylic acids is 1. The zero-order chi connectivity index (χ0) is 14.4. The summed E-state index contributed by atoms with van der Waals surface area (Å²) < 4.78 is 1.21. The summed E-state index contributed by atoms with van der Waals surface area (Å²) in [6, 6.07) is 9.87. The highest BCUT2D eigenvalue weighted by Gasteiger charge is 2.01. The fourth-order valence-corrected chi connectivity index (χ4v) is 2.43. The van der Waals surface area contributed by atoms with Gasteiger partial charge in [0, 0.05) is 14.1 Å². The highest BCUT2D eigenvalue weighted by molar-refractivity contribution is 14.1. The molecule has 0 unspecified atom stereocenters. The van der Waals surface area contributed by atoms with Crippen molar-refractivity contribution in [3.8, 4) is 0 Å². The Morgan fingerprint density at radius 3 is 3.00 bits per heavy atom. The molecule has 1 aromatic carbocycles. The fourth-order valence-electron chi connectivity index (χ4n) is 1.51. The van der Waals surface area contributed by atoms with Crippen LogP contribution in [0.1, 0.15) is 10.4 Å². The Labute approximate surface area is 135 Å². The van der Waals surface area contributed by atoms with Crippen LogP contribution in [0.2, 0.25) is 0 Å². The van der Waals surface area contributed by atoms with Gasteiger partial charge in [-0.3, -0.25) is 4.79 Å². The zero-order valence-corrected chi connectivity index (χ0v) is 13.9. The standard InChI is InChI=1S/C14H14IN3OS/c1-10-7-11(4-5-13(10)15)16-9-14(19)18-17-8-12-3-2-6-20-12/h2-8,16H,9H2,1H3,(H,18,19)/b17-8+. The number of amides is 1. The highest BCUT2D eigenvalue weighted by Crippen LogP contribution is 2.16. The SMILES string of the molecule is Cc1cc(NCC(=O)N/N=C/c2cccs2)ccc1I. The number of aryl methyl sites for hydroxylation is 1. The number of carbonyl (C=O) groups is 1. The summed E-state index contributed by atoms with van der Waals surface area (Å²) in [5.74, 6) is -0.172. The molecule has 4 nitrogen and oxygen atoms in total. The van der Waals surface area contributed by atoms with E-state index in [4.69, 9.17) is 0 Å². The van der Waals surface area contributed by atoms with E-state index in [2.05, 4.69) is 38.4 Å². The van der Waals surface area contributed by atoms with Crippen LogP contribution in [0.25, 0.3) is 0 Å². The topological polar surface area (TPSA) is 53.5 Å². The molecule has 1 heterocycles. The van der Waals surface area contributed by atoms with Crippen molar-refractivity contribution in [3.63, 3.8) is 0 Å². The summed E-state index contributed by atoms with van der Waals surface area (Å²) in [6.07, 6.45) is 1.64. The summed E-state index contributed by atoms with van der Waals surface area (Å²) in [5, 5.41) is 8.93. The monoisotopic (exact) mass is 399 g/mol. The maximum Gasteiger partial charge on any atom is 0.259 e. The van der Waals surface area contributed by atoms with Crippen LogP contribution >= 0.6 is 33.9 Å². The van der Waals surface area contributed by atoms with E-state index in [1.54, 1.807) is 17.6 Å². The van der Waals surface area contributed by atoms with Gasteiger partial charge in [-0.25, -0.2) is 5.43 Å². The van der Waals surface area contributed by atoms with E-state index >= 15 is 0 Å². The maximum absolute atomic E-state index is 11.6.